The quantitative estimate of drug-likeness (QED) is 0.365. The number of amides is 2. The Balaban J connectivity index is 3.94. The summed E-state index contributed by atoms with van der Waals surface area (Å²) >= 11 is 3.95. The van der Waals surface area contributed by atoms with Crippen molar-refractivity contribution in [3.8, 4) is 0 Å². The number of carbonyl (C=O) groups is 2. The molecule has 6 nitrogen and oxygen atoms in total. The minimum Gasteiger partial charge on any atom is -0.396 e. The third kappa shape index (κ3) is 6.23. The minimum absolute atomic E-state index is 0.145. The SMILES string of the molecule is CC(C)(CO)C(O)C(=O)NCCC(=O)NCCS. The van der Waals surface area contributed by atoms with Crippen LogP contribution in [0.3, 0.4) is 0 Å². The molecule has 0 aliphatic carbocycles. The molecule has 1 unspecified atom stereocenters. The summed E-state index contributed by atoms with van der Waals surface area (Å²) < 4.78 is 0. The van der Waals surface area contributed by atoms with Gasteiger partial charge in [0, 0.05) is 30.7 Å². The van der Waals surface area contributed by atoms with Crippen LogP contribution in [0.15, 0.2) is 0 Å². The molecule has 0 bridgehead atoms. The molecule has 4 N–H and O–H groups in total. The highest BCUT2D eigenvalue weighted by atomic mass is 32.1. The fourth-order valence-electron chi connectivity index (χ4n) is 1.12. The summed E-state index contributed by atoms with van der Waals surface area (Å²) in [4.78, 5) is 22.7. The molecule has 0 aromatic heterocycles. The average Bonchev–Trinajstić information content (AvgIpc) is 2.35. The first-order chi connectivity index (χ1) is 8.35. The molecule has 0 rings (SSSR count). The van der Waals surface area contributed by atoms with Gasteiger partial charge in [-0.05, 0) is 0 Å². The Morgan fingerprint density at radius 3 is 2.39 bits per heavy atom. The van der Waals surface area contributed by atoms with Gasteiger partial charge >= 0.3 is 0 Å². The van der Waals surface area contributed by atoms with E-state index in [-0.39, 0.29) is 25.5 Å². The third-order valence-electron chi connectivity index (χ3n) is 2.48. The summed E-state index contributed by atoms with van der Waals surface area (Å²) in [6.07, 6.45) is -1.16. The molecule has 0 aliphatic heterocycles. The Bertz CT molecular complexity index is 284. The molecule has 7 heteroatoms. The van der Waals surface area contributed by atoms with E-state index in [1.165, 1.54) is 0 Å². The van der Waals surface area contributed by atoms with E-state index < -0.39 is 17.4 Å². The van der Waals surface area contributed by atoms with E-state index in [1.807, 2.05) is 0 Å². The third-order valence-corrected chi connectivity index (χ3v) is 2.70. The van der Waals surface area contributed by atoms with Crippen LogP contribution in [-0.4, -0.2) is 53.6 Å². The first kappa shape index (κ1) is 17.2. The van der Waals surface area contributed by atoms with Gasteiger partial charge in [0.2, 0.25) is 11.8 Å². The number of hydrogen-bond donors (Lipinski definition) is 5. The normalized spacial score (nSPS) is 12.9. The lowest BCUT2D eigenvalue weighted by Gasteiger charge is -2.27. The summed E-state index contributed by atoms with van der Waals surface area (Å²) in [6, 6.07) is 0. The van der Waals surface area contributed by atoms with E-state index in [1.54, 1.807) is 13.8 Å². The van der Waals surface area contributed by atoms with E-state index in [0.29, 0.717) is 12.3 Å². The molecule has 1 atom stereocenters. The van der Waals surface area contributed by atoms with Gasteiger partial charge in [0.05, 0.1) is 6.61 Å². The van der Waals surface area contributed by atoms with Crippen molar-refractivity contribution in [3.05, 3.63) is 0 Å². The van der Waals surface area contributed by atoms with Crippen molar-refractivity contribution in [3.63, 3.8) is 0 Å². The molecule has 0 spiro atoms. The monoisotopic (exact) mass is 278 g/mol. The van der Waals surface area contributed by atoms with E-state index in [9.17, 15) is 14.7 Å². The Hall–Kier alpha value is -0.790. The Kier molecular flexibility index (Phi) is 7.97. The number of carbonyl (C=O) groups excluding carboxylic acids is 2. The predicted molar refractivity (Wildman–Crippen MR) is 71.4 cm³/mol. The van der Waals surface area contributed by atoms with Crippen molar-refractivity contribution < 1.29 is 19.8 Å². The summed E-state index contributed by atoms with van der Waals surface area (Å²) in [5.74, 6) is -0.210. The fraction of sp³-hybridized carbons (Fsp3) is 0.818. The van der Waals surface area contributed by atoms with E-state index in [0.717, 1.165) is 0 Å². The van der Waals surface area contributed by atoms with Gasteiger partial charge in [-0.3, -0.25) is 9.59 Å². The molecule has 18 heavy (non-hydrogen) atoms. The second-order valence-corrected chi connectivity index (χ2v) is 5.11. The molecule has 0 radical (unpaired) electrons. The molecule has 0 saturated heterocycles. The van der Waals surface area contributed by atoms with Crippen LogP contribution in [0.4, 0.5) is 0 Å². The first-order valence-electron chi connectivity index (χ1n) is 5.79. The number of thiol groups is 1. The van der Waals surface area contributed by atoms with Crippen molar-refractivity contribution >= 4 is 24.4 Å². The average molecular weight is 278 g/mol. The van der Waals surface area contributed by atoms with Crippen LogP contribution >= 0.6 is 12.6 Å². The number of nitrogens with one attached hydrogen (secondary N) is 2. The highest BCUT2D eigenvalue weighted by Gasteiger charge is 2.32. The lowest BCUT2D eigenvalue weighted by Crippen LogP contribution is -2.46. The van der Waals surface area contributed by atoms with Gasteiger partial charge in [-0.2, -0.15) is 12.6 Å². The molecule has 0 saturated carbocycles. The van der Waals surface area contributed by atoms with E-state index >= 15 is 0 Å². The Morgan fingerprint density at radius 1 is 1.28 bits per heavy atom. The largest absolute Gasteiger partial charge is 0.396 e. The Morgan fingerprint density at radius 2 is 1.89 bits per heavy atom. The maximum Gasteiger partial charge on any atom is 0.249 e. The van der Waals surface area contributed by atoms with Crippen LogP contribution in [0.25, 0.3) is 0 Å². The molecule has 106 valence electrons. The van der Waals surface area contributed by atoms with Crippen molar-refractivity contribution in [2.75, 3.05) is 25.4 Å². The highest BCUT2D eigenvalue weighted by molar-refractivity contribution is 7.80. The van der Waals surface area contributed by atoms with Gasteiger partial charge in [-0.1, -0.05) is 13.8 Å². The van der Waals surface area contributed by atoms with Crippen LogP contribution in [0.2, 0.25) is 0 Å². The molecule has 0 fully saturated rings. The zero-order chi connectivity index (χ0) is 14.2. The molecular weight excluding hydrogens is 256 g/mol. The fourth-order valence-corrected chi connectivity index (χ4v) is 1.23. The molecule has 0 heterocycles. The summed E-state index contributed by atoms with van der Waals surface area (Å²) in [7, 11) is 0. The molecule has 0 aromatic rings. The molecular formula is C11H22N2O4S. The van der Waals surface area contributed by atoms with Crippen LogP contribution in [0.5, 0.6) is 0 Å². The summed E-state index contributed by atoms with van der Waals surface area (Å²) in [6.45, 7) is 3.49. The van der Waals surface area contributed by atoms with Gasteiger partial charge in [0.1, 0.15) is 6.10 Å². The van der Waals surface area contributed by atoms with Crippen molar-refractivity contribution in [2.24, 2.45) is 5.41 Å². The van der Waals surface area contributed by atoms with Crippen molar-refractivity contribution in [2.45, 2.75) is 26.4 Å². The maximum atomic E-state index is 11.5. The lowest BCUT2D eigenvalue weighted by atomic mass is 9.87. The van der Waals surface area contributed by atoms with Gasteiger partial charge in [-0.25, -0.2) is 0 Å². The first-order valence-corrected chi connectivity index (χ1v) is 6.42. The van der Waals surface area contributed by atoms with Gasteiger partial charge in [-0.15, -0.1) is 0 Å². The second-order valence-electron chi connectivity index (χ2n) is 4.66. The second kappa shape index (κ2) is 8.34. The molecule has 0 aliphatic rings. The smallest absolute Gasteiger partial charge is 0.249 e. The topological polar surface area (TPSA) is 98.7 Å². The van der Waals surface area contributed by atoms with Gasteiger partial charge in [0.25, 0.3) is 0 Å². The zero-order valence-electron chi connectivity index (χ0n) is 10.8. The lowest BCUT2D eigenvalue weighted by molar-refractivity contribution is -0.137. The standard InChI is InChI=1S/C11H22N2O4S/c1-11(2,7-14)9(16)10(17)13-4-3-8(15)12-5-6-18/h9,14,16,18H,3-7H2,1-2H3,(H,12,15)(H,13,17). The predicted octanol–water partition coefficient (Wildman–Crippen LogP) is -1.08. The van der Waals surface area contributed by atoms with Crippen LogP contribution in [0, 0.1) is 5.41 Å². The maximum absolute atomic E-state index is 11.5. The summed E-state index contributed by atoms with van der Waals surface area (Å²) in [5.41, 5.74) is -0.904. The molecule has 2 amide bonds. The van der Waals surface area contributed by atoms with Crippen LogP contribution < -0.4 is 10.6 Å². The van der Waals surface area contributed by atoms with Gasteiger partial charge < -0.3 is 20.8 Å². The van der Waals surface area contributed by atoms with E-state index in [2.05, 4.69) is 23.3 Å². The number of aliphatic hydroxyl groups excluding tert-OH is 2. The number of hydrogen-bond acceptors (Lipinski definition) is 5. The van der Waals surface area contributed by atoms with Crippen molar-refractivity contribution in [1.29, 1.82) is 0 Å². The van der Waals surface area contributed by atoms with E-state index in [4.69, 9.17) is 5.11 Å². The molecule has 0 aromatic carbocycles. The van der Waals surface area contributed by atoms with Crippen LogP contribution in [0.1, 0.15) is 20.3 Å². The van der Waals surface area contributed by atoms with Crippen LogP contribution in [-0.2, 0) is 9.59 Å². The number of aliphatic hydroxyl groups is 2. The number of rotatable bonds is 8. The van der Waals surface area contributed by atoms with Crippen molar-refractivity contribution in [1.82, 2.24) is 10.6 Å². The summed E-state index contributed by atoms with van der Waals surface area (Å²) in [5, 5.41) is 23.7. The van der Waals surface area contributed by atoms with Gasteiger partial charge in [0.15, 0.2) is 0 Å². The zero-order valence-corrected chi connectivity index (χ0v) is 11.7. The highest BCUT2D eigenvalue weighted by Crippen LogP contribution is 2.19. The Labute approximate surface area is 113 Å². The minimum atomic E-state index is -1.30.